The smallest absolute Gasteiger partial charge is 0.127 e. The molecular weight excluding hydrogens is 245 g/mol. The fourth-order valence-corrected chi connectivity index (χ4v) is 1.84. The minimum atomic E-state index is -0.947. The molecule has 0 aliphatic carbocycles. The van der Waals surface area contributed by atoms with Crippen molar-refractivity contribution >= 4 is 15.9 Å². The standard InChI is InChI=1S/C11H15BrFN/c1-7-3-4-9(8(2)11(7)12)10(13)5-6-14/h3-4,10H,5-6,14H2,1-2H3. The Morgan fingerprint density at radius 3 is 2.64 bits per heavy atom. The summed E-state index contributed by atoms with van der Waals surface area (Å²) in [6.07, 6.45) is -0.562. The van der Waals surface area contributed by atoms with E-state index in [9.17, 15) is 4.39 Å². The second-order valence-electron chi connectivity index (χ2n) is 3.46. The van der Waals surface area contributed by atoms with E-state index in [1.165, 1.54) is 0 Å². The molecule has 0 fully saturated rings. The maximum absolute atomic E-state index is 13.6. The third-order valence-electron chi connectivity index (χ3n) is 2.38. The van der Waals surface area contributed by atoms with Crippen LogP contribution in [0.25, 0.3) is 0 Å². The van der Waals surface area contributed by atoms with E-state index in [2.05, 4.69) is 15.9 Å². The van der Waals surface area contributed by atoms with Crippen LogP contribution < -0.4 is 5.73 Å². The van der Waals surface area contributed by atoms with Gasteiger partial charge in [0.25, 0.3) is 0 Å². The molecule has 0 amide bonds. The number of aryl methyl sites for hydroxylation is 1. The number of nitrogens with two attached hydrogens (primary N) is 1. The number of benzene rings is 1. The molecule has 0 radical (unpaired) electrons. The van der Waals surface area contributed by atoms with Gasteiger partial charge in [-0.15, -0.1) is 0 Å². The summed E-state index contributed by atoms with van der Waals surface area (Å²) in [4.78, 5) is 0. The van der Waals surface area contributed by atoms with E-state index in [1.54, 1.807) is 0 Å². The van der Waals surface area contributed by atoms with Gasteiger partial charge in [0.2, 0.25) is 0 Å². The highest BCUT2D eigenvalue weighted by Crippen LogP contribution is 2.30. The Bertz CT molecular complexity index is 325. The van der Waals surface area contributed by atoms with Gasteiger partial charge in [-0.25, -0.2) is 4.39 Å². The predicted octanol–water partition coefficient (Wildman–Crippen LogP) is 3.43. The Hall–Kier alpha value is -0.410. The lowest BCUT2D eigenvalue weighted by atomic mass is 10.0. The fourth-order valence-electron chi connectivity index (χ4n) is 1.48. The van der Waals surface area contributed by atoms with Crippen LogP contribution in [0.2, 0.25) is 0 Å². The summed E-state index contributed by atoms with van der Waals surface area (Å²) >= 11 is 3.45. The molecule has 1 unspecified atom stereocenters. The summed E-state index contributed by atoms with van der Waals surface area (Å²) in [5, 5.41) is 0. The van der Waals surface area contributed by atoms with Crippen molar-refractivity contribution in [2.45, 2.75) is 26.4 Å². The molecule has 3 heteroatoms. The Morgan fingerprint density at radius 1 is 1.43 bits per heavy atom. The Labute approximate surface area is 92.6 Å². The molecule has 0 saturated heterocycles. The molecule has 0 spiro atoms. The van der Waals surface area contributed by atoms with Crippen LogP contribution in [0.3, 0.4) is 0 Å². The quantitative estimate of drug-likeness (QED) is 0.885. The number of rotatable bonds is 3. The maximum atomic E-state index is 13.6. The molecule has 0 aromatic heterocycles. The molecule has 1 aromatic carbocycles. The van der Waals surface area contributed by atoms with Crippen molar-refractivity contribution in [2.24, 2.45) is 5.73 Å². The lowest BCUT2D eigenvalue weighted by Crippen LogP contribution is -2.05. The molecule has 1 rings (SSSR count). The lowest BCUT2D eigenvalue weighted by molar-refractivity contribution is 0.326. The lowest BCUT2D eigenvalue weighted by Gasteiger charge is -2.13. The highest BCUT2D eigenvalue weighted by Gasteiger charge is 2.13. The van der Waals surface area contributed by atoms with Crippen LogP contribution in [0.1, 0.15) is 29.3 Å². The van der Waals surface area contributed by atoms with Crippen molar-refractivity contribution < 1.29 is 4.39 Å². The van der Waals surface area contributed by atoms with Gasteiger partial charge in [0.05, 0.1) is 0 Å². The van der Waals surface area contributed by atoms with Crippen LogP contribution in [0.5, 0.6) is 0 Å². The first-order chi connectivity index (χ1) is 6.57. The van der Waals surface area contributed by atoms with Gasteiger partial charge in [0, 0.05) is 4.47 Å². The van der Waals surface area contributed by atoms with Crippen molar-refractivity contribution in [3.63, 3.8) is 0 Å². The van der Waals surface area contributed by atoms with Gasteiger partial charge in [-0.05, 0) is 43.5 Å². The normalized spacial score (nSPS) is 12.9. The van der Waals surface area contributed by atoms with Crippen LogP contribution in [0.15, 0.2) is 16.6 Å². The highest BCUT2D eigenvalue weighted by atomic mass is 79.9. The second-order valence-corrected chi connectivity index (χ2v) is 4.25. The topological polar surface area (TPSA) is 26.0 Å². The van der Waals surface area contributed by atoms with Crippen LogP contribution in [-0.4, -0.2) is 6.54 Å². The van der Waals surface area contributed by atoms with Crippen molar-refractivity contribution in [1.29, 1.82) is 0 Å². The fraction of sp³-hybridized carbons (Fsp3) is 0.455. The SMILES string of the molecule is Cc1ccc(C(F)CCN)c(C)c1Br. The zero-order valence-electron chi connectivity index (χ0n) is 8.48. The van der Waals surface area contributed by atoms with Crippen LogP contribution in [-0.2, 0) is 0 Å². The highest BCUT2D eigenvalue weighted by molar-refractivity contribution is 9.10. The summed E-state index contributed by atoms with van der Waals surface area (Å²) in [6, 6.07) is 3.77. The molecule has 0 saturated carbocycles. The van der Waals surface area contributed by atoms with Crippen LogP contribution in [0, 0.1) is 13.8 Å². The average molecular weight is 260 g/mol. The summed E-state index contributed by atoms with van der Waals surface area (Å²) < 4.78 is 14.6. The Balaban J connectivity index is 3.04. The van der Waals surface area contributed by atoms with E-state index < -0.39 is 6.17 Å². The summed E-state index contributed by atoms with van der Waals surface area (Å²) in [5.41, 5.74) is 8.19. The third kappa shape index (κ3) is 2.34. The van der Waals surface area contributed by atoms with Crippen molar-refractivity contribution in [3.8, 4) is 0 Å². The molecule has 0 aliphatic rings. The minimum Gasteiger partial charge on any atom is -0.330 e. The Morgan fingerprint density at radius 2 is 2.07 bits per heavy atom. The summed E-state index contributed by atoms with van der Waals surface area (Å²) in [7, 11) is 0. The van der Waals surface area contributed by atoms with Gasteiger partial charge in [-0.2, -0.15) is 0 Å². The number of alkyl halides is 1. The first-order valence-corrected chi connectivity index (χ1v) is 5.47. The van der Waals surface area contributed by atoms with Gasteiger partial charge in [-0.1, -0.05) is 28.1 Å². The minimum absolute atomic E-state index is 0.381. The van der Waals surface area contributed by atoms with Gasteiger partial charge >= 0.3 is 0 Å². The van der Waals surface area contributed by atoms with E-state index in [4.69, 9.17) is 5.73 Å². The van der Waals surface area contributed by atoms with Crippen molar-refractivity contribution in [3.05, 3.63) is 33.3 Å². The van der Waals surface area contributed by atoms with E-state index in [0.29, 0.717) is 13.0 Å². The molecule has 1 atom stereocenters. The van der Waals surface area contributed by atoms with Gasteiger partial charge in [0.1, 0.15) is 6.17 Å². The van der Waals surface area contributed by atoms with E-state index in [1.807, 2.05) is 26.0 Å². The number of hydrogen-bond acceptors (Lipinski definition) is 1. The summed E-state index contributed by atoms with van der Waals surface area (Å²) in [5.74, 6) is 0. The van der Waals surface area contributed by atoms with E-state index in [-0.39, 0.29) is 0 Å². The molecule has 0 heterocycles. The predicted molar refractivity (Wildman–Crippen MR) is 61.1 cm³/mol. The maximum Gasteiger partial charge on any atom is 0.127 e. The van der Waals surface area contributed by atoms with E-state index in [0.717, 1.165) is 21.2 Å². The molecule has 1 aromatic rings. The van der Waals surface area contributed by atoms with Gasteiger partial charge in [0.15, 0.2) is 0 Å². The van der Waals surface area contributed by atoms with Gasteiger partial charge in [-0.3, -0.25) is 0 Å². The Kier molecular flexibility index (Phi) is 4.08. The van der Waals surface area contributed by atoms with Crippen molar-refractivity contribution in [2.75, 3.05) is 6.54 Å². The molecule has 0 aliphatic heterocycles. The molecule has 2 N–H and O–H groups in total. The molecule has 0 bridgehead atoms. The first kappa shape index (κ1) is 11.7. The molecule has 14 heavy (non-hydrogen) atoms. The zero-order valence-corrected chi connectivity index (χ0v) is 10.1. The van der Waals surface area contributed by atoms with Crippen molar-refractivity contribution in [1.82, 2.24) is 0 Å². The molecule has 1 nitrogen and oxygen atoms in total. The van der Waals surface area contributed by atoms with E-state index >= 15 is 0 Å². The summed E-state index contributed by atoms with van der Waals surface area (Å²) in [6.45, 7) is 4.30. The van der Waals surface area contributed by atoms with Crippen LogP contribution in [0.4, 0.5) is 4.39 Å². The number of halogens is 2. The monoisotopic (exact) mass is 259 g/mol. The van der Waals surface area contributed by atoms with Gasteiger partial charge < -0.3 is 5.73 Å². The molecular formula is C11H15BrFN. The van der Waals surface area contributed by atoms with Crippen LogP contribution >= 0.6 is 15.9 Å². The zero-order chi connectivity index (χ0) is 10.7. The number of hydrogen-bond donors (Lipinski definition) is 1. The second kappa shape index (κ2) is 4.89. The largest absolute Gasteiger partial charge is 0.330 e. The third-order valence-corrected chi connectivity index (χ3v) is 3.60. The average Bonchev–Trinajstić information content (AvgIpc) is 2.15. The first-order valence-electron chi connectivity index (χ1n) is 4.67. The molecule has 78 valence electrons.